The molecule has 1 aliphatic heterocycles. The fourth-order valence-corrected chi connectivity index (χ4v) is 1.81. The third-order valence-electron chi connectivity index (χ3n) is 2.72. The van der Waals surface area contributed by atoms with E-state index in [1.54, 1.807) is 17.1 Å². The lowest BCUT2D eigenvalue weighted by Crippen LogP contribution is -2.37. The maximum absolute atomic E-state index is 11.7. The highest BCUT2D eigenvalue weighted by Gasteiger charge is 2.16. The van der Waals surface area contributed by atoms with Crippen LogP contribution in [0.25, 0.3) is 0 Å². The molecule has 0 saturated carbocycles. The van der Waals surface area contributed by atoms with Gasteiger partial charge >= 0.3 is 0 Å². The third kappa shape index (κ3) is 2.36. The molecule has 1 aliphatic rings. The molecule has 0 spiro atoms. The van der Waals surface area contributed by atoms with Crippen LogP contribution in [-0.4, -0.2) is 34.6 Å². The van der Waals surface area contributed by atoms with Crippen molar-refractivity contribution in [2.75, 3.05) is 13.1 Å². The number of hydrogen-bond donors (Lipinski definition) is 2. The Morgan fingerprint density at radius 1 is 1.80 bits per heavy atom. The lowest BCUT2D eigenvalue weighted by Gasteiger charge is -2.11. The number of hydrogen-bond acceptors (Lipinski definition) is 3. The van der Waals surface area contributed by atoms with Gasteiger partial charge in [0.25, 0.3) is 5.91 Å². The van der Waals surface area contributed by atoms with Crippen LogP contribution in [0.5, 0.6) is 0 Å². The van der Waals surface area contributed by atoms with Crippen LogP contribution in [-0.2, 0) is 7.05 Å². The van der Waals surface area contributed by atoms with Gasteiger partial charge in [0.05, 0.1) is 12.5 Å². The molecule has 2 rings (SSSR count). The van der Waals surface area contributed by atoms with E-state index in [9.17, 15) is 4.79 Å². The van der Waals surface area contributed by atoms with Gasteiger partial charge in [-0.3, -0.25) is 4.79 Å². The fourth-order valence-electron chi connectivity index (χ4n) is 1.81. The van der Waals surface area contributed by atoms with Gasteiger partial charge in [-0.05, 0) is 19.4 Å². The van der Waals surface area contributed by atoms with E-state index in [-0.39, 0.29) is 5.91 Å². The summed E-state index contributed by atoms with van der Waals surface area (Å²) in [6, 6.07) is 0.433. The van der Waals surface area contributed by atoms with Gasteiger partial charge in [0, 0.05) is 19.6 Å². The second kappa shape index (κ2) is 4.44. The van der Waals surface area contributed by atoms with Gasteiger partial charge in [0.2, 0.25) is 0 Å². The van der Waals surface area contributed by atoms with Crippen LogP contribution in [0.1, 0.15) is 23.3 Å². The second-order valence-electron chi connectivity index (χ2n) is 3.89. The molecule has 15 heavy (non-hydrogen) atoms. The molecular weight excluding hydrogens is 192 g/mol. The van der Waals surface area contributed by atoms with Gasteiger partial charge in [0.15, 0.2) is 0 Å². The van der Waals surface area contributed by atoms with Gasteiger partial charge in [-0.2, -0.15) is 0 Å². The lowest BCUT2D eigenvalue weighted by molar-refractivity contribution is 0.0942. The molecule has 0 aliphatic carbocycles. The van der Waals surface area contributed by atoms with E-state index in [4.69, 9.17) is 0 Å². The highest BCUT2D eigenvalue weighted by molar-refractivity contribution is 5.92. The van der Waals surface area contributed by atoms with Gasteiger partial charge in [-0.1, -0.05) is 0 Å². The third-order valence-corrected chi connectivity index (χ3v) is 2.72. The van der Waals surface area contributed by atoms with Crippen molar-refractivity contribution in [3.05, 3.63) is 18.2 Å². The van der Waals surface area contributed by atoms with Gasteiger partial charge in [-0.25, -0.2) is 4.98 Å². The first-order valence-corrected chi connectivity index (χ1v) is 5.25. The number of rotatable bonds is 3. The molecule has 1 aromatic rings. The van der Waals surface area contributed by atoms with Gasteiger partial charge in [-0.15, -0.1) is 0 Å². The lowest BCUT2D eigenvalue weighted by atomic mass is 10.2. The Morgan fingerprint density at radius 2 is 2.67 bits per heavy atom. The zero-order valence-electron chi connectivity index (χ0n) is 8.86. The molecular formula is C10H16N4O. The Morgan fingerprint density at radius 3 is 3.27 bits per heavy atom. The maximum atomic E-state index is 11.7. The maximum Gasteiger partial charge on any atom is 0.269 e. The van der Waals surface area contributed by atoms with Crippen LogP contribution in [0, 0.1) is 0 Å². The van der Waals surface area contributed by atoms with Crippen molar-refractivity contribution in [2.45, 2.75) is 18.9 Å². The molecule has 1 unspecified atom stereocenters. The number of nitrogens with zero attached hydrogens (tertiary/aromatic N) is 2. The second-order valence-corrected chi connectivity index (χ2v) is 3.89. The number of nitrogens with one attached hydrogen (secondary N) is 2. The van der Waals surface area contributed by atoms with Crippen molar-refractivity contribution in [1.82, 2.24) is 20.2 Å². The first kappa shape index (κ1) is 10.2. The van der Waals surface area contributed by atoms with Crippen LogP contribution in [0.2, 0.25) is 0 Å². The summed E-state index contributed by atoms with van der Waals surface area (Å²) in [6.07, 6.45) is 5.55. The molecule has 2 heterocycles. The number of carbonyl (C=O) groups excluding carboxylic acids is 1. The Bertz CT molecular complexity index is 341. The zero-order valence-corrected chi connectivity index (χ0v) is 8.86. The summed E-state index contributed by atoms with van der Waals surface area (Å²) in [4.78, 5) is 15.6. The molecule has 1 fully saturated rings. The molecule has 1 atom stereocenters. The standard InChI is InChI=1S/C10H16N4O/c1-14-7-11-6-9(14)10(15)13-5-8-3-2-4-12-8/h6-8,12H,2-5H2,1H3,(H,13,15). The summed E-state index contributed by atoms with van der Waals surface area (Å²) in [7, 11) is 1.82. The van der Waals surface area contributed by atoms with Crippen molar-refractivity contribution in [3.63, 3.8) is 0 Å². The van der Waals surface area contributed by atoms with Crippen LogP contribution in [0.4, 0.5) is 0 Å². The molecule has 5 nitrogen and oxygen atoms in total. The molecule has 0 bridgehead atoms. The van der Waals surface area contributed by atoms with E-state index in [0.717, 1.165) is 13.0 Å². The quantitative estimate of drug-likeness (QED) is 0.729. The molecule has 1 aromatic heterocycles. The number of amides is 1. The van der Waals surface area contributed by atoms with E-state index >= 15 is 0 Å². The van der Waals surface area contributed by atoms with Gasteiger partial charge in [0.1, 0.15) is 5.69 Å². The van der Waals surface area contributed by atoms with Crippen LogP contribution < -0.4 is 10.6 Å². The predicted molar refractivity (Wildman–Crippen MR) is 56.6 cm³/mol. The smallest absolute Gasteiger partial charge is 0.269 e. The van der Waals surface area contributed by atoms with Crippen molar-refractivity contribution in [2.24, 2.45) is 7.05 Å². The molecule has 5 heteroatoms. The first-order chi connectivity index (χ1) is 7.27. The van der Waals surface area contributed by atoms with Crippen molar-refractivity contribution in [1.29, 1.82) is 0 Å². The van der Waals surface area contributed by atoms with E-state index in [1.165, 1.54) is 6.42 Å². The van der Waals surface area contributed by atoms with E-state index in [0.29, 0.717) is 18.3 Å². The molecule has 1 saturated heterocycles. The molecule has 0 aromatic carbocycles. The minimum Gasteiger partial charge on any atom is -0.349 e. The predicted octanol–water partition coefficient (Wildman–Crippen LogP) is -0.0981. The highest BCUT2D eigenvalue weighted by atomic mass is 16.1. The number of imidazole rings is 1. The summed E-state index contributed by atoms with van der Waals surface area (Å²) < 4.78 is 1.72. The highest BCUT2D eigenvalue weighted by Crippen LogP contribution is 2.03. The summed E-state index contributed by atoms with van der Waals surface area (Å²) in [6.45, 7) is 1.76. The molecule has 82 valence electrons. The number of aromatic nitrogens is 2. The zero-order chi connectivity index (χ0) is 10.7. The van der Waals surface area contributed by atoms with E-state index in [2.05, 4.69) is 15.6 Å². The minimum atomic E-state index is -0.0521. The molecule has 2 N–H and O–H groups in total. The van der Waals surface area contributed by atoms with Crippen molar-refractivity contribution >= 4 is 5.91 Å². The Labute approximate surface area is 88.9 Å². The normalized spacial score (nSPS) is 20.5. The molecule has 1 amide bonds. The van der Waals surface area contributed by atoms with Crippen LogP contribution in [0.3, 0.4) is 0 Å². The van der Waals surface area contributed by atoms with Crippen LogP contribution in [0.15, 0.2) is 12.5 Å². The van der Waals surface area contributed by atoms with Gasteiger partial charge < -0.3 is 15.2 Å². The minimum absolute atomic E-state index is 0.0521. The summed E-state index contributed by atoms with van der Waals surface area (Å²) >= 11 is 0. The largest absolute Gasteiger partial charge is 0.349 e. The fraction of sp³-hybridized carbons (Fsp3) is 0.600. The van der Waals surface area contributed by atoms with Crippen molar-refractivity contribution in [3.8, 4) is 0 Å². The summed E-state index contributed by atoms with van der Waals surface area (Å²) in [5, 5.41) is 6.24. The molecule has 0 radical (unpaired) electrons. The topological polar surface area (TPSA) is 59.0 Å². The number of carbonyl (C=O) groups is 1. The monoisotopic (exact) mass is 208 g/mol. The Balaban J connectivity index is 1.84. The SMILES string of the molecule is Cn1cncc1C(=O)NCC1CCCN1. The Hall–Kier alpha value is -1.36. The summed E-state index contributed by atoms with van der Waals surface area (Å²) in [5.74, 6) is -0.0521. The van der Waals surface area contributed by atoms with E-state index < -0.39 is 0 Å². The summed E-state index contributed by atoms with van der Waals surface area (Å²) in [5.41, 5.74) is 0.605. The van der Waals surface area contributed by atoms with E-state index in [1.807, 2.05) is 7.05 Å². The average Bonchev–Trinajstić information content (AvgIpc) is 2.84. The first-order valence-electron chi connectivity index (χ1n) is 5.25. The Kier molecular flexibility index (Phi) is 3.01. The van der Waals surface area contributed by atoms with Crippen LogP contribution >= 0.6 is 0 Å². The van der Waals surface area contributed by atoms with Crippen molar-refractivity contribution < 1.29 is 4.79 Å². The average molecular weight is 208 g/mol. The number of aryl methyl sites for hydroxylation is 1.